The van der Waals surface area contributed by atoms with E-state index in [1.54, 1.807) is 34.8 Å². The molecule has 0 aliphatic heterocycles. The van der Waals surface area contributed by atoms with E-state index in [9.17, 15) is 10.1 Å². The summed E-state index contributed by atoms with van der Waals surface area (Å²) in [5.41, 5.74) is 6.27. The molecule has 5 nitrogen and oxygen atoms in total. The Bertz CT molecular complexity index is 766. The molecule has 3 N–H and O–H groups in total. The first-order valence-corrected chi connectivity index (χ1v) is 8.45. The lowest BCUT2D eigenvalue weighted by atomic mass is 10.0. The first-order valence-electron chi connectivity index (χ1n) is 6.69. The number of rotatable bonds is 5. The maximum Gasteiger partial charge on any atom is 0.269 e. The Labute approximate surface area is 135 Å². The molecule has 0 saturated heterocycles. The Hall–Kier alpha value is -2.09. The fourth-order valence-corrected chi connectivity index (χ4v) is 3.85. The van der Waals surface area contributed by atoms with Crippen molar-refractivity contribution in [2.24, 2.45) is 0 Å². The van der Waals surface area contributed by atoms with Gasteiger partial charge in [0.05, 0.1) is 9.80 Å². The molecule has 0 saturated carbocycles. The van der Waals surface area contributed by atoms with E-state index in [2.05, 4.69) is 16.8 Å². The number of nitro groups is 1. The van der Waals surface area contributed by atoms with Gasteiger partial charge >= 0.3 is 0 Å². The maximum absolute atomic E-state index is 10.7. The Kier molecular flexibility index (Phi) is 4.28. The predicted molar refractivity (Wildman–Crippen MR) is 87.9 cm³/mol. The minimum absolute atomic E-state index is 0.0337. The van der Waals surface area contributed by atoms with Crippen LogP contribution in [0.3, 0.4) is 0 Å². The molecule has 3 rings (SSSR count). The minimum atomic E-state index is -0.390. The summed E-state index contributed by atoms with van der Waals surface area (Å²) in [6.45, 7) is 0. The molecule has 22 heavy (non-hydrogen) atoms. The van der Waals surface area contributed by atoms with Crippen molar-refractivity contribution in [3.63, 3.8) is 0 Å². The van der Waals surface area contributed by atoms with Crippen molar-refractivity contribution in [1.29, 1.82) is 0 Å². The van der Waals surface area contributed by atoms with Crippen molar-refractivity contribution < 1.29 is 10.7 Å². The molecule has 1 aromatic carbocycles. The van der Waals surface area contributed by atoms with Gasteiger partial charge in [-0.3, -0.25) is 10.1 Å². The molecule has 0 aliphatic rings. The van der Waals surface area contributed by atoms with Gasteiger partial charge in [0.25, 0.3) is 5.69 Å². The third-order valence-electron chi connectivity index (χ3n) is 3.30. The van der Waals surface area contributed by atoms with Crippen molar-refractivity contribution in [3.8, 4) is 9.88 Å². The number of nitrogens with zero attached hydrogens (tertiary/aromatic N) is 2. The zero-order chi connectivity index (χ0) is 15.5. The largest absolute Gasteiger partial charge is 0.350 e. The van der Waals surface area contributed by atoms with Gasteiger partial charge in [0.1, 0.15) is 16.7 Å². The van der Waals surface area contributed by atoms with Crippen LogP contribution in [0, 0.1) is 10.1 Å². The molecule has 2 aromatic heterocycles. The number of thiazole rings is 1. The SMILES string of the molecule is [NH3+][C@@H](Cc1ccc([N+](=O)[O-])cc1)c1csc(-c2cccs2)n1. The van der Waals surface area contributed by atoms with E-state index in [-0.39, 0.29) is 16.7 Å². The van der Waals surface area contributed by atoms with Crippen LogP contribution < -0.4 is 5.73 Å². The Morgan fingerprint density at radius 3 is 2.64 bits per heavy atom. The molecule has 0 spiro atoms. The standard InChI is InChI=1S/C15H13N3O2S2/c16-12(8-10-3-5-11(6-4-10)18(19)20)13-9-22-15(17-13)14-2-1-7-21-14/h1-7,9,12H,8,16H2/p+1/t12-/m0/s1. The first kappa shape index (κ1) is 14.8. The molecule has 0 unspecified atom stereocenters. The maximum atomic E-state index is 10.7. The normalized spacial score (nSPS) is 12.2. The van der Waals surface area contributed by atoms with Crippen LogP contribution in [0.25, 0.3) is 9.88 Å². The second kappa shape index (κ2) is 6.35. The molecule has 112 valence electrons. The average Bonchev–Trinajstić information content (AvgIpc) is 3.19. The summed E-state index contributed by atoms with van der Waals surface area (Å²) in [6, 6.07) is 10.7. The summed E-state index contributed by atoms with van der Waals surface area (Å²) >= 11 is 3.30. The van der Waals surface area contributed by atoms with Gasteiger partial charge in [-0.05, 0) is 17.0 Å². The molecule has 0 radical (unpaired) electrons. The summed E-state index contributed by atoms with van der Waals surface area (Å²) in [5, 5.41) is 15.7. The summed E-state index contributed by atoms with van der Waals surface area (Å²) < 4.78 is 0. The molecule has 0 aliphatic carbocycles. The van der Waals surface area contributed by atoms with Gasteiger partial charge in [0.15, 0.2) is 0 Å². The fraction of sp³-hybridized carbons (Fsp3) is 0.133. The number of hydrogen-bond acceptors (Lipinski definition) is 5. The highest BCUT2D eigenvalue weighted by Crippen LogP contribution is 2.29. The Morgan fingerprint density at radius 1 is 1.23 bits per heavy atom. The van der Waals surface area contributed by atoms with Gasteiger partial charge in [-0.25, -0.2) is 4.98 Å². The van der Waals surface area contributed by atoms with Crippen molar-refractivity contribution in [1.82, 2.24) is 4.98 Å². The second-order valence-corrected chi connectivity index (χ2v) is 6.69. The Morgan fingerprint density at radius 2 is 2.00 bits per heavy atom. The lowest BCUT2D eigenvalue weighted by Crippen LogP contribution is -2.54. The van der Waals surface area contributed by atoms with E-state index in [0.717, 1.165) is 16.3 Å². The smallest absolute Gasteiger partial charge is 0.269 e. The van der Waals surface area contributed by atoms with Crippen LogP contribution in [-0.2, 0) is 6.42 Å². The molecule has 7 heteroatoms. The molecule has 0 bridgehead atoms. The van der Waals surface area contributed by atoms with Crippen LogP contribution in [0.1, 0.15) is 17.3 Å². The number of thiophene rings is 1. The van der Waals surface area contributed by atoms with Crippen molar-refractivity contribution in [2.45, 2.75) is 12.5 Å². The summed E-state index contributed by atoms with van der Waals surface area (Å²) in [6.07, 6.45) is 0.714. The highest BCUT2D eigenvalue weighted by Gasteiger charge is 2.16. The van der Waals surface area contributed by atoms with Crippen molar-refractivity contribution in [2.75, 3.05) is 0 Å². The van der Waals surface area contributed by atoms with Crippen LogP contribution >= 0.6 is 22.7 Å². The Balaban J connectivity index is 1.71. The van der Waals surface area contributed by atoms with Crippen LogP contribution in [0.5, 0.6) is 0 Å². The fourth-order valence-electron chi connectivity index (χ4n) is 2.13. The second-order valence-electron chi connectivity index (χ2n) is 4.88. The summed E-state index contributed by atoms with van der Waals surface area (Å²) in [7, 11) is 0. The number of non-ortho nitro benzene ring substituents is 1. The lowest BCUT2D eigenvalue weighted by molar-refractivity contribution is -0.427. The van der Waals surface area contributed by atoms with Crippen LogP contribution in [0.15, 0.2) is 47.2 Å². The molecular formula is C15H14N3O2S2+. The van der Waals surface area contributed by atoms with Gasteiger partial charge in [0.2, 0.25) is 0 Å². The van der Waals surface area contributed by atoms with Crippen LogP contribution in [0.2, 0.25) is 0 Å². The third-order valence-corrected chi connectivity index (χ3v) is 5.20. The highest BCUT2D eigenvalue weighted by molar-refractivity contribution is 7.20. The van der Waals surface area contributed by atoms with E-state index in [1.807, 2.05) is 16.8 Å². The lowest BCUT2D eigenvalue weighted by Gasteiger charge is -2.05. The van der Waals surface area contributed by atoms with Gasteiger partial charge in [-0.1, -0.05) is 18.2 Å². The number of nitro benzene ring substituents is 1. The summed E-state index contributed by atoms with van der Waals surface area (Å²) in [5.74, 6) is 0. The van der Waals surface area contributed by atoms with Crippen molar-refractivity contribution >= 4 is 28.4 Å². The van der Waals surface area contributed by atoms with Gasteiger partial charge < -0.3 is 5.73 Å². The highest BCUT2D eigenvalue weighted by atomic mass is 32.1. The quantitative estimate of drug-likeness (QED) is 0.574. The van der Waals surface area contributed by atoms with Crippen LogP contribution in [-0.4, -0.2) is 9.91 Å². The summed E-state index contributed by atoms with van der Waals surface area (Å²) in [4.78, 5) is 16.1. The number of quaternary nitrogens is 1. The molecule has 2 heterocycles. The first-order chi connectivity index (χ1) is 10.6. The minimum Gasteiger partial charge on any atom is -0.350 e. The molecule has 0 fully saturated rings. The number of aromatic nitrogens is 1. The van der Waals surface area contributed by atoms with Crippen LogP contribution in [0.4, 0.5) is 5.69 Å². The van der Waals surface area contributed by atoms with Crippen molar-refractivity contribution in [3.05, 3.63) is 68.5 Å². The van der Waals surface area contributed by atoms with E-state index in [4.69, 9.17) is 0 Å². The predicted octanol–water partition coefficient (Wildman–Crippen LogP) is 3.31. The molecule has 3 aromatic rings. The van der Waals surface area contributed by atoms with Gasteiger partial charge in [0, 0.05) is 23.9 Å². The average molecular weight is 332 g/mol. The third kappa shape index (κ3) is 3.22. The van der Waals surface area contributed by atoms with E-state index >= 15 is 0 Å². The molecule has 1 atom stereocenters. The zero-order valence-corrected chi connectivity index (χ0v) is 13.3. The zero-order valence-electron chi connectivity index (χ0n) is 11.6. The van der Waals surface area contributed by atoms with E-state index < -0.39 is 0 Å². The van der Waals surface area contributed by atoms with E-state index in [1.165, 1.54) is 17.0 Å². The van der Waals surface area contributed by atoms with E-state index in [0.29, 0.717) is 6.42 Å². The molecular weight excluding hydrogens is 318 g/mol. The number of benzene rings is 1. The van der Waals surface area contributed by atoms with Gasteiger partial charge in [-0.15, -0.1) is 22.7 Å². The monoisotopic (exact) mass is 332 g/mol. The topological polar surface area (TPSA) is 83.7 Å². The van der Waals surface area contributed by atoms with Gasteiger partial charge in [-0.2, -0.15) is 0 Å². The number of hydrogen-bond donors (Lipinski definition) is 1. The molecule has 0 amide bonds.